The third-order valence-electron chi connectivity index (χ3n) is 5.87. The van der Waals surface area contributed by atoms with Gasteiger partial charge in [0.05, 0.1) is 5.71 Å². The zero-order chi connectivity index (χ0) is 20.6. The molecule has 1 aromatic carbocycles. The molecule has 0 bridgehead atoms. The van der Waals surface area contributed by atoms with E-state index in [9.17, 15) is 9.90 Å². The second-order valence-electron chi connectivity index (χ2n) is 8.89. The van der Waals surface area contributed by atoms with Crippen LogP contribution in [0.3, 0.4) is 0 Å². The number of nitrogens with zero attached hydrogens (tertiary/aromatic N) is 1. The molecule has 28 heavy (non-hydrogen) atoms. The fourth-order valence-corrected chi connectivity index (χ4v) is 4.05. The molecule has 4 heteroatoms. The molecule has 1 aliphatic rings. The molecular weight excluding hydrogens is 350 g/mol. The van der Waals surface area contributed by atoms with Crippen molar-refractivity contribution in [1.29, 1.82) is 0 Å². The van der Waals surface area contributed by atoms with Crippen molar-refractivity contribution in [3.05, 3.63) is 29.3 Å². The standard InChI is InChI=1S/C24H37NO3/c1-5-6-7-8-14-24(3,4)20-12-13-22(23(27)16-20)19-10-9-11-21(15-19)25-28-17-18(2)26/h12-13,16,19,27H,5-11,14-15,17H2,1-4H3/b25-21-. The van der Waals surface area contributed by atoms with Crippen molar-refractivity contribution in [2.45, 2.75) is 96.8 Å². The third kappa shape index (κ3) is 6.65. The Morgan fingerprint density at radius 3 is 2.75 bits per heavy atom. The zero-order valence-electron chi connectivity index (χ0n) is 18.1. The van der Waals surface area contributed by atoms with Gasteiger partial charge >= 0.3 is 0 Å². The Kier molecular flexibility index (Phi) is 8.53. The molecule has 0 aliphatic heterocycles. The van der Waals surface area contributed by atoms with Crippen molar-refractivity contribution in [3.63, 3.8) is 0 Å². The maximum Gasteiger partial charge on any atom is 0.174 e. The summed E-state index contributed by atoms with van der Waals surface area (Å²) in [4.78, 5) is 16.1. The third-order valence-corrected chi connectivity index (χ3v) is 5.87. The summed E-state index contributed by atoms with van der Waals surface area (Å²) in [6.45, 7) is 8.30. The molecule has 1 aromatic rings. The summed E-state index contributed by atoms with van der Waals surface area (Å²) < 4.78 is 0. The van der Waals surface area contributed by atoms with Gasteiger partial charge in [-0.25, -0.2) is 0 Å². The lowest BCUT2D eigenvalue weighted by Crippen LogP contribution is -2.18. The quantitative estimate of drug-likeness (QED) is 0.381. The monoisotopic (exact) mass is 387 g/mol. The molecule has 156 valence electrons. The van der Waals surface area contributed by atoms with Crippen LogP contribution in [0.4, 0.5) is 0 Å². The first-order valence-electron chi connectivity index (χ1n) is 10.8. The Morgan fingerprint density at radius 2 is 2.07 bits per heavy atom. The van der Waals surface area contributed by atoms with Crippen LogP contribution in [0.1, 0.15) is 103 Å². The van der Waals surface area contributed by atoms with Gasteiger partial charge in [-0.05, 0) is 67.6 Å². The van der Waals surface area contributed by atoms with Crippen molar-refractivity contribution in [3.8, 4) is 5.75 Å². The van der Waals surface area contributed by atoms with E-state index in [0.29, 0.717) is 5.75 Å². The molecule has 0 spiro atoms. The van der Waals surface area contributed by atoms with Gasteiger partial charge in [-0.3, -0.25) is 4.79 Å². The summed E-state index contributed by atoms with van der Waals surface area (Å²) in [6, 6.07) is 6.25. The lowest BCUT2D eigenvalue weighted by molar-refractivity contribution is -0.121. The van der Waals surface area contributed by atoms with Crippen LogP contribution >= 0.6 is 0 Å². The number of hydrogen-bond donors (Lipinski definition) is 1. The average Bonchev–Trinajstić information content (AvgIpc) is 2.65. The summed E-state index contributed by atoms with van der Waals surface area (Å²) >= 11 is 0. The van der Waals surface area contributed by atoms with E-state index < -0.39 is 0 Å². The lowest BCUT2D eigenvalue weighted by Gasteiger charge is -2.28. The molecule has 0 aromatic heterocycles. The first kappa shape index (κ1) is 22.4. The van der Waals surface area contributed by atoms with Crippen LogP contribution in [0.2, 0.25) is 0 Å². The van der Waals surface area contributed by atoms with Crippen molar-refractivity contribution in [2.75, 3.05) is 6.61 Å². The number of carbonyl (C=O) groups is 1. The highest BCUT2D eigenvalue weighted by Crippen LogP contribution is 2.39. The van der Waals surface area contributed by atoms with Crippen LogP contribution in [0.5, 0.6) is 5.75 Å². The van der Waals surface area contributed by atoms with Gasteiger partial charge in [0.1, 0.15) is 5.75 Å². The highest BCUT2D eigenvalue weighted by Gasteiger charge is 2.25. The Labute approximate surface area is 170 Å². The van der Waals surface area contributed by atoms with Crippen molar-refractivity contribution in [1.82, 2.24) is 0 Å². The molecule has 1 fully saturated rings. The van der Waals surface area contributed by atoms with Gasteiger partial charge < -0.3 is 9.94 Å². The molecule has 0 radical (unpaired) electrons. The van der Waals surface area contributed by atoms with Crippen molar-refractivity contribution < 1.29 is 14.7 Å². The summed E-state index contributed by atoms with van der Waals surface area (Å²) in [6.07, 6.45) is 9.94. The number of hydrogen-bond acceptors (Lipinski definition) is 4. The Hall–Kier alpha value is -1.84. The first-order chi connectivity index (χ1) is 13.3. The summed E-state index contributed by atoms with van der Waals surface area (Å²) in [5, 5.41) is 14.9. The number of aromatic hydroxyl groups is 1. The Bertz CT molecular complexity index is 678. The van der Waals surface area contributed by atoms with Crippen LogP contribution < -0.4 is 0 Å². The number of ketones is 1. The van der Waals surface area contributed by atoms with Gasteiger partial charge in [0.2, 0.25) is 0 Å². The molecule has 1 aliphatic carbocycles. The normalized spacial score (nSPS) is 19.0. The Balaban J connectivity index is 2.03. The molecule has 1 saturated carbocycles. The largest absolute Gasteiger partial charge is 0.508 e. The molecule has 4 nitrogen and oxygen atoms in total. The SMILES string of the molecule is CCCCCCC(C)(C)c1ccc(C2CCC/C(=N/OCC(C)=O)C2)c(O)c1. The van der Waals surface area contributed by atoms with Crippen LogP contribution in [0.25, 0.3) is 0 Å². The number of unbranched alkanes of at least 4 members (excludes halogenated alkanes) is 3. The van der Waals surface area contributed by atoms with E-state index in [2.05, 4.69) is 38.1 Å². The maximum absolute atomic E-state index is 11.0. The minimum absolute atomic E-state index is 0.0257. The topological polar surface area (TPSA) is 58.9 Å². The van der Waals surface area contributed by atoms with Crippen LogP contribution in [-0.2, 0) is 15.0 Å². The summed E-state index contributed by atoms with van der Waals surface area (Å²) in [5.41, 5.74) is 3.27. The average molecular weight is 388 g/mol. The molecule has 1 N–H and O–H groups in total. The van der Waals surface area contributed by atoms with Crippen LogP contribution in [0.15, 0.2) is 23.4 Å². The van der Waals surface area contributed by atoms with E-state index in [1.807, 2.05) is 6.07 Å². The van der Waals surface area contributed by atoms with Gasteiger partial charge in [0.25, 0.3) is 0 Å². The maximum atomic E-state index is 11.0. The smallest absolute Gasteiger partial charge is 0.174 e. The van der Waals surface area contributed by atoms with Gasteiger partial charge in [-0.1, -0.05) is 63.7 Å². The predicted molar refractivity (Wildman–Crippen MR) is 115 cm³/mol. The number of rotatable bonds is 10. The van der Waals surface area contributed by atoms with E-state index in [1.54, 1.807) is 0 Å². The van der Waals surface area contributed by atoms with Crippen LogP contribution in [-0.4, -0.2) is 23.2 Å². The minimum atomic E-state index is -0.0257. The number of Topliss-reactive ketones (excluding diaryl/α,β-unsaturated/α-hetero) is 1. The lowest BCUT2D eigenvalue weighted by atomic mass is 9.77. The second kappa shape index (κ2) is 10.6. The Morgan fingerprint density at radius 1 is 1.29 bits per heavy atom. The summed E-state index contributed by atoms with van der Waals surface area (Å²) in [5.74, 6) is 0.632. The van der Waals surface area contributed by atoms with E-state index >= 15 is 0 Å². The van der Waals surface area contributed by atoms with E-state index in [0.717, 1.165) is 43.4 Å². The second-order valence-corrected chi connectivity index (χ2v) is 8.89. The van der Waals surface area contributed by atoms with E-state index in [-0.39, 0.29) is 23.7 Å². The number of oxime groups is 1. The van der Waals surface area contributed by atoms with Crippen LogP contribution in [0, 0.1) is 0 Å². The highest BCUT2D eigenvalue weighted by atomic mass is 16.6. The van der Waals surface area contributed by atoms with Gasteiger partial charge in [0.15, 0.2) is 12.4 Å². The molecule has 1 atom stereocenters. The number of phenols is 1. The predicted octanol–water partition coefficient (Wildman–Crippen LogP) is 6.26. The van der Waals surface area contributed by atoms with E-state index in [1.165, 1.54) is 38.2 Å². The number of carbonyl (C=O) groups excluding carboxylic acids is 1. The number of phenolic OH excluding ortho intramolecular Hbond substituents is 1. The molecule has 0 saturated heterocycles. The zero-order valence-corrected chi connectivity index (χ0v) is 18.1. The van der Waals surface area contributed by atoms with Gasteiger partial charge in [0, 0.05) is 0 Å². The molecule has 1 unspecified atom stereocenters. The minimum Gasteiger partial charge on any atom is -0.508 e. The molecule has 2 rings (SSSR count). The highest BCUT2D eigenvalue weighted by molar-refractivity contribution is 5.85. The fourth-order valence-electron chi connectivity index (χ4n) is 4.05. The van der Waals surface area contributed by atoms with Gasteiger partial charge in [-0.15, -0.1) is 0 Å². The fraction of sp³-hybridized carbons (Fsp3) is 0.667. The van der Waals surface area contributed by atoms with Crippen molar-refractivity contribution in [2.24, 2.45) is 5.16 Å². The van der Waals surface area contributed by atoms with Crippen molar-refractivity contribution >= 4 is 11.5 Å². The molecular formula is C24H37NO3. The molecule has 0 amide bonds. The van der Waals surface area contributed by atoms with Gasteiger partial charge in [-0.2, -0.15) is 0 Å². The first-order valence-corrected chi connectivity index (χ1v) is 10.8. The molecule has 0 heterocycles. The number of benzene rings is 1. The van der Waals surface area contributed by atoms with E-state index in [4.69, 9.17) is 4.84 Å². The summed E-state index contributed by atoms with van der Waals surface area (Å²) in [7, 11) is 0.